The fraction of sp³-hybridized carbons (Fsp3) is 0.727. The average molecular weight is 258 g/mol. The van der Waals surface area contributed by atoms with Crippen LogP contribution in [-0.4, -0.2) is 46.8 Å². The Morgan fingerprint density at radius 2 is 2.12 bits per heavy atom. The smallest absolute Gasteiger partial charge is 0.244 e. The molecule has 1 rings (SSSR count). The second-order valence-electron chi connectivity index (χ2n) is 4.84. The zero-order valence-electron chi connectivity index (χ0n) is 10.8. The SMILES string of the molecule is CC(C)CC(CN(C)C)Nc1cnnc(Cl)n1. The van der Waals surface area contributed by atoms with Crippen molar-refractivity contribution in [1.29, 1.82) is 0 Å². The molecule has 0 fully saturated rings. The van der Waals surface area contributed by atoms with Gasteiger partial charge in [0.15, 0.2) is 0 Å². The monoisotopic (exact) mass is 257 g/mol. The number of rotatable bonds is 6. The lowest BCUT2D eigenvalue weighted by Crippen LogP contribution is -2.33. The lowest BCUT2D eigenvalue weighted by atomic mass is 10.0. The first-order valence-corrected chi connectivity index (χ1v) is 6.11. The Morgan fingerprint density at radius 3 is 2.65 bits per heavy atom. The summed E-state index contributed by atoms with van der Waals surface area (Å²) in [5, 5.41) is 10.9. The summed E-state index contributed by atoms with van der Waals surface area (Å²) in [5.74, 6) is 1.30. The van der Waals surface area contributed by atoms with Crippen LogP contribution in [0.3, 0.4) is 0 Å². The molecule has 0 saturated carbocycles. The van der Waals surface area contributed by atoms with E-state index in [9.17, 15) is 0 Å². The van der Waals surface area contributed by atoms with Gasteiger partial charge in [-0.1, -0.05) is 13.8 Å². The van der Waals surface area contributed by atoms with Crippen molar-refractivity contribution in [2.75, 3.05) is 26.0 Å². The van der Waals surface area contributed by atoms with Crippen molar-refractivity contribution < 1.29 is 0 Å². The van der Waals surface area contributed by atoms with Crippen molar-refractivity contribution >= 4 is 17.4 Å². The summed E-state index contributed by atoms with van der Waals surface area (Å²) in [6.07, 6.45) is 2.66. The first-order valence-electron chi connectivity index (χ1n) is 5.74. The molecule has 17 heavy (non-hydrogen) atoms. The maximum atomic E-state index is 5.70. The van der Waals surface area contributed by atoms with Crippen LogP contribution in [0.4, 0.5) is 5.82 Å². The van der Waals surface area contributed by atoms with Gasteiger partial charge in [-0.15, -0.1) is 5.10 Å². The van der Waals surface area contributed by atoms with E-state index in [2.05, 4.69) is 53.3 Å². The van der Waals surface area contributed by atoms with Crippen molar-refractivity contribution in [3.05, 3.63) is 11.5 Å². The van der Waals surface area contributed by atoms with Crippen molar-refractivity contribution in [3.63, 3.8) is 0 Å². The molecule has 1 N–H and O–H groups in total. The molecule has 0 radical (unpaired) electrons. The maximum Gasteiger partial charge on any atom is 0.244 e. The molecule has 0 aliphatic heterocycles. The van der Waals surface area contributed by atoms with E-state index in [0.29, 0.717) is 17.8 Å². The van der Waals surface area contributed by atoms with E-state index in [1.807, 2.05) is 0 Å². The minimum atomic E-state index is 0.170. The van der Waals surface area contributed by atoms with Crippen LogP contribution >= 0.6 is 11.6 Å². The number of halogens is 1. The largest absolute Gasteiger partial charge is 0.365 e. The van der Waals surface area contributed by atoms with Gasteiger partial charge in [-0.3, -0.25) is 0 Å². The minimum Gasteiger partial charge on any atom is -0.365 e. The van der Waals surface area contributed by atoms with Crippen LogP contribution in [0, 0.1) is 5.92 Å². The second kappa shape index (κ2) is 6.71. The highest BCUT2D eigenvalue weighted by Gasteiger charge is 2.13. The summed E-state index contributed by atoms with van der Waals surface area (Å²) in [6.45, 7) is 5.35. The highest BCUT2D eigenvalue weighted by molar-refractivity contribution is 6.28. The van der Waals surface area contributed by atoms with Gasteiger partial charge in [-0.25, -0.2) is 0 Å². The first-order chi connectivity index (χ1) is 7.97. The molecule has 0 aliphatic rings. The Bertz CT molecular complexity index is 332. The Labute approximate surface area is 108 Å². The molecule has 0 saturated heterocycles. The minimum absolute atomic E-state index is 0.170. The Balaban J connectivity index is 2.64. The topological polar surface area (TPSA) is 53.9 Å². The predicted octanol–water partition coefficient (Wildman–Crippen LogP) is 1.91. The molecule has 0 aliphatic carbocycles. The van der Waals surface area contributed by atoms with Crippen LogP contribution in [-0.2, 0) is 0 Å². The number of likely N-dealkylation sites (N-methyl/N-ethyl adjacent to an activating group) is 1. The van der Waals surface area contributed by atoms with E-state index >= 15 is 0 Å². The second-order valence-corrected chi connectivity index (χ2v) is 5.18. The van der Waals surface area contributed by atoms with Crippen molar-refractivity contribution in [1.82, 2.24) is 20.1 Å². The molecule has 1 aromatic heterocycles. The maximum absolute atomic E-state index is 5.70. The number of hydrogen-bond acceptors (Lipinski definition) is 5. The summed E-state index contributed by atoms with van der Waals surface area (Å²) in [4.78, 5) is 6.24. The van der Waals surface area contributed by atoms with Gasteiger partial charge in [0.05, 0.1) is 6.20 Å². The third-order valence-electron chi connectivity index (χ3n) is 2.23. The molecule has 1 aromatic rings. The van der Waals surface area contributed by atoms with Crippen LogP contribution in [0.15, 0.2) is 6.20 Å². The van der Waals surface area contributed by atoms with Gasteiger partial charge in [0.25, 0.3) is 0 Å². The number of anilines is 1. The average Bonchev–Trinajstić information content (AvgIpc) is 2.14. The third-order valence-corrected chi connectivity index (χ3v) is 2.39. The summed E-state index contributed by atoms with van der Waals surface area (Å²) < 4.78 is 0. The van der Waals surface area contributed by atoms with Crippen LogP contribution < -0.4 is 5.32 Å². The van der Waals surface area contributed by atoms with Gasteiger partial charge in [-0.2, -0.15) is 10.1 Å². The van der Waals surface area contributed by atoms with Crippen molar-refractivity contribution in [2.45, 2.75) is 26.3 Å². The predicted molar refractivity (Wildman–Crippen MR) is 70.3 cm³/mol. The number of hydrogen-bond donors (Lipinski definition) is 1. The first kappa shape index (κ1) is 14.1. The molecule has 5 nitrogen and oxygen atoms in total. The van der Waals surface area contributed by atoms with Gasteiger partial charge in [0, 0.05) is 12.6 Å². The van der Waals surface area contributed by atoms with Crippen molar-refractivity contribution in [2.24, 2.45) is 5.92 Å². The van der Waals surface area contributed by atoms with E-state index < -0.39 is 0 Å². The zero-order valence-corrected chi connectivity index (χ0v) is 11.6. The Hall–Kier alpha value is -0.940. The standard InChI is InChI=1S/C11H20ClN5/c1-8(2)5-9(7-17(3)4)14-10-6-13-16-11(12)15-10/h6,8-9H,5,7H2,1-4H3,(H,14,15,16). The molecule has 1 atom stereocenters. The fourth-order valence-electron chi connectivity index (χ4n) is 1.75. The van der Waals surface area contributed by atoms with Crippen LogP contribution in [0.1, 0.15) is 20.3 Å². The van der Waals surface area contributed by atoms with Gasteiger partial charge in [-0.05, 0) is 38.0 Å². The van der Waals surface area contributed by atoms with E-state index in [1.54, 1.807) is 6.20 Å². The summed E-state index contributed by atoms with van der Waals surface area (Å²) in [6, 6.07) is 0.331. The summed E-state index contributed by atoms with van der Waals surface area (Å²) in [5.41, 5.74) is 0. The number of aromatic nitrogens is 3. The molecule has 1 unspecified atom stereocenters. The van der Waals surface area contributed by atoms with E-state index in [4.69, 9.17) is 11.6 Å². The van der Waals surface area contributed by atoms with Gasteiger partial charge in [0.2, 0.25) is 5.28 Å². The lowest BCUT2D eigenvalue weighted by molar-refractivity contribution is 0.356. The molecule has 1 heterocycles. The molecule has 0 aromatic carbocycles. The van der Waals surface area contributed by atoms with Crippen LogP contribution in [0.25, 0.3) is 0 Å². The van der Waals surface area contributed by atoms with Gasteiger partial charge < -0.3 is 10.2 Å². The molecule has 6 heteroatoms. The highest BCUT2D eigenvalue weighted by atomic mass is 35.5. The molecule has 96 valence electrons. The molecule has 0 amide bonds. The Kier molecular flexibility index (Phi) is 5.58. The highest BCUT2D eigenvalue weighted by Crippen LogP contribution is 2.12. The summed E-state index contributed by atoms with van der Waals surface area (Å²) >= 11 is 5.70. The van der Waals surface area contributed by atoms with Gasteiger partial charge in [0.1, 0.15) is 5.82 Å². The Morgan fingerprint density at radius 1 is 1.41 bits per heavy atom. The molecular weight excluding hydrogens is 238 g/mol. The van der Waals surface area contributed by atoms with Gasteiger partial charge >= 0.3 is 0 Å². The molecule has 0 spiro atoms. The quantitative estimate of drug-likeness (QED) is 0.844. The van der Waals surface area contributed by atoms with Crippen LogP contribution in [0.2, 0.25) is 5.28 Å². The third kappa shape index (κ3) is 5.79. The van der Waals surface area contributed by atoms with E-state index in [0.717, 1.165) is 13.0 Å². The summed E-state index contributed by atoms with van der Waals surface area (Å²) in [7, 11) is 4.11. The lowest BCUT2D eigenvalue weighted by Gasteiger charge is -2.24. The molecule has 0 bridgehead atoms. The van der Waals surface area contributed by atoms with E-state index in [-0.39, 0.29) is 5.28 Å². The fourth-order valence-corrected chi connectivity index (χ4v) is 1.88. The van der Waals surface area contributed by atoms with E-state index in [1.165, 1.54) is 0 Å². The number of nitrogens with one attached hydrogen (secondary N) is 1. The molecular formula is C11H20ClN5. The number of nitrogens with zero attached hydrogens (tertiary/aromatic N) is 4. The normalized spacial score (nSPS) is 13.1. The van der Waals surface area contributed by atoms with Crippen molar-refractivity contribution in [3.8, 4) is 0 Å². The zero-order chi connectivity index (χ0) is 12.8. The van der Waals surface area contributed by atoms with Crippen LogP contribution in [0.5, 0.6) is 0 Å².